The third kappa shape index (κ3) is 1.36. The Balaban J connectivity index is 2.03. The largest absolute Gasteiger partial charge is 0.382 e. The van der Waals surface area contributed by atoms with Crippen LogP contribution in [-0.2, 0) is 4.74 Å². The molecule has 2 aliphatic rings. The van der Waals surface area contributed by atoms with Crippen molar-refractivity contribution in [2.75, 3.05) is 11.9 Å². The molecule has 80 valence electrons. The fourth-order valence-electron chi connectivity index (χ4n) is 2.93. The molecule has 0 saturated carbocycles. The van der Waals surface area contributed by atoms with Crippen molar-refractivity contribution in [1.29, 1.82) is 0 Å². The summed E-state index contributed by atoms with van der Waals surface area (Å²) in [6, 6.07) is 9.14. The van der Waals surface area contributed by atoms with E-state index in [2.05, 4.69) is 36.5 Å². The van der Waals surface area contributed by atoms with Gasteiger partial charge in [-0.1, -0.05) is 25.1 Å². The highest BCUT2D eigenvalue weighted by Crippen LogP contribution is 2.44. The molecule has 0 unspecified atom stereocenters. The first kappa shape index (κ1) is 9.22. The zero-order valence-electron chi connectivity index (χ0n) is 9.07. The average Bonchev–Trinajstić information content (AvgIpc) is 2.77. The van der Waals surface area contributed by atoms with E-state index >= 15 is 0 Å². The predicted octanol–water partition coefficient (Wildman–Crippen LogP) is 2.97. The first-order valence-electron chi connectivity index (χ1n) is 5.87. The van der Waals surface area contributed by atoms with Crippen molar-refractivity contribution in [2.45, 2.75) is 31.9 Å². The summed E-state index contributed by atoms with van der Waals surface area (Å²) >= 11 is 0. The Morgan fingerprint density at radius 3 is 3.13 bits per heavy atom. The summed E-state index contributed by atoms with van der Waals surface area (Å²) in [5, 5.41) is 3.64. The third-order valence-corrected chi connectivity index (χ3v) is 3.70. The van der Waals surface area contributed by atoms with E-state index in [4.69, 9.17) is 4.74 Å². The monoisotopic (exact) mass is 203 g/mol. The number of anilines is 1. The smallest absolute Gasteiger partial charge is 0.0893 e. The van der Waals surface area contributed by atoms with E-state index < -0.39 is 0 Å². The Kier molecular flexibility index (Phi) is 2.17. The Morgan fingerprint density at radius 1 is 1.40 bits per heavy atom. The molecule has 0 bridgehead atoms. The van der Waals surface area contributed by atoms with E-state index in [1.807, 2.05) is 0 Å². The van der Waals surface area contributed by atoms with Crippen LogP contribution in [0.25, 0.3) is 0 Å². The molecule has 0 spiro atoms. The van der Waals surface area contributed by atoms with Crippen LogP contribution < -0.4 is 5.32 Å². The summed E-state index contributed by atoms with van der Waals surface area (Å²) in [5.41, 5.74) is 2.62. The van der Waals surface area contributed by atoms with Crippen LogP contribution in [0.1, 0.15) is 31.4 Å². The Morgan fingerprint density at radius 2 is 2.27 bits per heavy atom. The molecular formula is C13H17NO. The van der Waals surface area contributed by atoms with Crippen molar-refractivity contribution >= 4 is 5.69 Å². The van der Waals surface area contributed by atoms with Gasteiger partial charge in [0.25, 0.3) is 0 Å². The lowest BCUT2D eigenvalue weighted by molar-refractivity contribution is 0.0826. The molecule has 1 aromatic rings. The summed E-state index contributed by atoms with van der Waals surface area (Å²) in [4.78, 5) is 0. The zero-order chi connectivity index (χ0) is 10.3. The van der Waals surface area contributed by atoms with Gasteiger partial charge in [0.05, 0.1) is 6.10 Å². The molecule has 2 heteroatoms. The first-order valence-corrected chi connectivity index (χ1v) is 5.87. The highest BCUT2D eigenvalue weighted by Gasteiger charge is 2.39. The van der Waals surface area contributed by atoms with Gasteiger partial charge in [-0.05, 0) is 18.9 Å². The van der Waals surface area contributed by atoms with E-state index in [-0.39, 0.29) is 0 Å². The highest BCUT2D eigenvalue weighted by molar-refractivity contribution is 5.55. The van der Waals surface area contributed by atoms with Gasteiger partial charge in [0.15, 0.2) is 0 Å². The molecule has 1 N–H and O–H groups in total. The minimum absolute atomic E-state index is 0.340. The second kappa shape index (κ2) is 3.53. The number of fused-ring (bicyclic) bond motifs is 3. The summed E-state index contributed by atoms with van der Waals surface area (Å²) in [6.45, 7) is 3.17. The van der Waals surface area contributed by atoms with Crippen LogP contribution in [0, 0.1) is 5.92 Å². The number of hydrogen-bond acceptors (Lipinski definition) is 2. The highest BCUT2D eigenvalue weighted by atomic mass is 16.5. The maximum absolute atomic E-state index is 5.88. The van der Waals surface area contributed by atoms with Crippen LogP contribution in [0.3, 0.4) is 0 Å². The predicted molar refractivity (Wildman–Crippen MR) is 60.9 cm³/mol. The maximum atomic E-state index is 5.88. The molecule has 0 radical (unpaired) electrons. The molecule has 0 aromatic heterocycles. The van der Waals surface area contributed by atoms with E-state index in [0.717, 1.165) is 6.61 Å². The van der Waals surface area contributed by atoms with Crippen molar-refractivity contribution in [2.24, 2.45) is 5.92 Å². The van der Waals surface area contributed by atoms with Crippen LogP contribution in [-0.4, -0.2) is 12.6 Å². The van der Waals surface area contributed by atoms with E-state index in [9.17, 15) is 0 Å². The molecule has 1 fully saturated rings. The molecule has 3 rings (SSSR count). The number of rotatable bonds is 1. The number of benzene rings is 1. The van der Waals surface area contributed by atoms with Crippen LogP contribution >= 0.6 is 0 Å². The maximum Gasteiger partial charge on any atom is 0.0893 e. The molecule has 2 aliphatic heterocycles. The van der Waals surface area contributed by atoms with Crippen LogP contribution in [0.4, 0.5) is 5.69 Å². The van der Waals surface area contributed by atoms with Crippen molar-refractivity contribution in [1.82, 2.24) is 0 Å². The third-order valence-electron chi connectivity index (χ3n) is 3.70. The van der Waals surface area contributed by atoms with Gasteiger partial charge in [-0.2, -0.15) is 0 Å². The quantitative estimate of drug-likeness (QED) is 0.757. The minimum Gasteiger partial charge on any atom is -0.382 e. The van der Waals surface area contributed by atoms with Crippen LogP contribution in [0.5, 0.6) is 0 Å². The van der Waals surface area contributed by atoms with Crippen LogP contribution in [0.2, 0.25) is 0 Å². The Hall–Kier alpha value is -1.02. The van der Waals surface area contributed by atoms with Gasteiger partial charge < -0.3 is 10.1 Å². The lowest BCUT2D eigenvalue weighted by Gasteiger charge is -2.35. The SMILES string of the molecule is CC[C@H]1Nc2ccccc2[C@H]2OCC[C@H]21. The number of nitrogens with one attached hydrogen (secondary N) is 1. The topological polar surface area (TPSA) is 21.3 Å². The van der Waals surface area contributed by atoms with Gasteiger partial charge in [0.1, 0.15) is 0 Å². The molecule has 1 saturated heterocycles. The van der Waals surface area contributed by atoms with Crippen molar-refractivity contribution in [3.05, 3.63) is 29.8 Å². The molecular weight excluding hydrogens is 186 g/mol. The second-order valence-electron chi connectivity index (χ2n) is 4.49. The lowest BCUT2D eigenvalue weighted by atomic mass is 9.83. The molecule has 2 nitrogen and oxygen atoms in total. The van der Waals surface area contributed by atoms with Crippen molar-refractivity contribution in [3.8, 4) is 0 Å². The number of ether oxygens (including phenoxy) is 1. The van der Waals surface area contributed by atoms with E-state index in [1.165, 1.54) is 24.1 Å². The molecule has 15 heavy (non-hydrogen) atoms. The normalized spacial score (nSPS) is 33.0. The summed E-state index contributed by atoms with van der Waals surface area (Å²) in [6.07, 6.45) is 2.72. The molecule has 3 atom stereocenters. The zero-order valence-corrected chi connectivity index (χ0v) is 9.07. The van der Waals surface area contributed by atoms with Gasteiger partial charge >= 0.3 is 0 Å². The fourth-order valence-corrected chi connectivity index (χ4v) is 2.93. The van der Waals surface area contributed by atoms with Gasteiger partial charge in [-0.25, -0.2) is 0 Å². The van der Waals surface area contributed by atoms with E-state index in [0.29, 0.717) is 18.1 Å². The lowest BCUT2D eigenvalue weighted by Crippen LogP contribution is -2.35. The minimum atomic E-state index is 0.340. The fraction of sp³-hybridized carbons (Fsp3) is 0.538. The number of para-hydroxylation sites is 1. The van der Waals surface area contributed by atoms with Gasteiger partial charge in [-0.3, -0.25) is 0 Å². The molecule has 0 amide bonds. The second-order valence-corrected chi connectivity index (χ2v) is 4.49. The van der Waals surface area contributed by atoms with Gasteiger partial charge in [0.2, 0.25) is 0 Å². The molecule has 0 aliphatic carbocycles. The summed E-state index contributed by atoms with van der Waals surface area (Å²) in [7, 11) is 0. The average molecular weight is 203 g/mol. The van der Waals surface area contributed by atoms with Crippen molar-refractivity contribution in [3.63, 3.8) is 0 Å². The molecule has 1 aromatic carbocycles. The van der Waals surface area contributed by atoms with Gasteiger partial charge in [0, 0.05) is 29.8 Å². The van der Waals surface area contributed by atoms with Crippen molar-refractivity contribution < 1.29 is 4.74 Å². The standard InChI is InChI=1S/C13H17NO/c1-2-11-10-7-8-15-13(10)9-5-3-4-6-12(9)14-11/h3-6,10-11,13-14H,2,7-8H2,1H3/t10-,11+,13+/m0/s1. The number of hydrogen-bond donors (Lipinski definition) is 1. The van der Waals surface area contributed by atoms with Gasteiger partial charge in [-0.15, -0.1) is 0 Å². The summed E-state index contributed by atoms with van der Waals surface area (Å²) in [5.74, 6) is 0.671. The Bertz CT molecular complexity index is 363. The van der Waals surface area contributed by atoms with E-state index in [1.54, 1.807) is 0 Å². The first-order chi connectivity index (χ1) is 7.40. The molecule has 2 heterocycles. The summed E-state index contributed by atoms with van der Waals surface area (Å²) < 4.78 is 5.88. The Labute approximate surface area is 90.6 Å². The van der Waals surface area contributed by atoms with Crippen LogP contribution in [0.15, 0.2) is 24.3 Å².